The van der Waals surface area contributed by atoms with Gasteiger partial charge in [0.1, 0.15) is 11.4 Å². The van der Waals surface area contributed by atoms with Crippen LogP contribution < -0.4 is 11.1 Å². The minimum absolute atomic E-state index is 0.0978. The number of nitrogens with two attached hydrogens (primary N) is 1. The van der Waals surface area contributed by atoms with Crippen molar-refractivity contribution in [2.24, 2.45) is 5.73 Å². The van der Waals surface area contributed by atoms with E-state index in [1.54, 1.807) is 18.2 Å². The molecule has 0 aliphatic heterocycles. The summed E-state index contributed by atoms with van der Waals surface area (Å²) in [5.41, 5.74) is 7.72. The van der Waals surface area contributed by atoms with E-state index in [1.165, 1.54) is 0 Å². The highest BCUT2D eigenvalue weighted by Crippen LogP contribution is 2.35. The second-order valence-electron chi connectivity index (χ2n) is 6.39. The van der Waals surface area contributed by atoms with Crippen molar-refractivity contribution in [2.45, 2.75) is 24.9 Å². The third-order valence-electron chi connectivity index (χ3n) is 4.62. The van der Waals surface area contributed by atoms with Crippen LogP contribution in [0.1, 0.15) is 18.4 Å². The van der Waals surface area contributed by atoms with E-state index in [0.29, 0.717) is 22.9 Å². The summed E-state index contributed by atoms with van der Waals surface area (Å²) in [5.74, 6) is 3.36. The van der Waals surface area contributed by atoms with Crippen LogP contribution >= 0.6 is 0 Å². The Morgan fingerprint density at radius 1 is 1.12 bits per heavy atom. The van der Waals surface area contributed by atoms with Gasteiger partial charge in [-0.1, -0.05) is 30.2 Å². The molecule has 0 saturated heterocycles. The summed E-state index contributed by atoms with van der Waals surface area (Å²) in [4.78, 5) is 0. The zero-order chi connectivity index (χ0) is 17.4. The number of nitrogens with zero attached hydrogens (tertiary/aromatic N) is 2. The van der Waals surface area contributed by atoms with Crippen LogP contribution in [0.2, 0.25) is 0 Å². The first-order valence-electron chi connectivity index (χ1n) is 8.23. The molecule has 0 bridgehead atoms. The Morgan fingerprint density at radius 2 is 1.88 bits per heavy atom. The van der Waals surface area contributed by atoms with E-state index in [9.17, 15) is 5.11 Å². The average Bonchev–Trinajstić information content (AvgIpc) is 2.61. The lowest BCUT2D eigenvalue weighted by atomic mass is 9.87. The van der Waals surface area contributed by atoms with Gasteiger partial charge in [0.05, 0.1) is 0 Å². The number of phenolic OH excluding ortho intramolecular Hbond substituents is 1. The van der Waals surface area contributed by atoms with Crippen molar-refractivity contribution in [3.63, 3.8) is 0 Å². The summed E-state index contributed by atoms with van der Waals surface area (Å²) in [6, 6.07) is 13.6. The van der Waals surface area contributed by atoms with Gasteiger partial charge in [-0.15, -0.1) is 16.6 Å². The Morgan fingerprint density at radius 3 is 2.56 bits per heavy atom. The lowest BCUT2D eigenvalue weighted by molar-refractivity contribution is 0.373. The Labute approximate surface area is 145 Å². The monoisotopic (exact) mass is 330 g/mol. The molecular formula is C20H18N4O. The zero-order valence-corrected chi connectivity index (χ0v) is 13.6. The zero-order valence-electron chi connectivity index (χ0n) is 13.6. The van der Waals surface area contributed by atoms with Crippen LogP contribution in [0.25, 0.3) is 22.0 Å². The first-order valence-corrected chi connectivity index (χ1v) is 8.23. The molecule has 1 aliphatic carbocycles. The van der Waals surface area contributed by atoms with Gasteiger partial charge in [0.15, 0.2) is 5.82 Å². The lowest BCUT2D eigenvalue weighted by Gasteiger charge is -2.33. The lowest BCUT2D eigenvalue weighted by Crippen LogP contribution is -2.44. The quantitative estimate of drug-likeness (QED) is 0.643. The Bertz CT molecular complexity index is 987. The second kappa shape index (κ2) is 6.08. The predicted octanol–water partition coefficient (Wildman–Crippen LogP) is 2.89. The van der Waals surface area contributed by atoms with Crippen LogP contribution in [0.5, 0.6) is 5.75 Å². The van der Waals surface area contributed by atoms with E-state index in [1.807, 2.05) is 24.3 Å². The van der Waals surface area contributed by atoms with Gasteiger partial charge in [-0.25, -0.2) is 0 Å². The van der Waals surface area contributed by atoms with Crippen molar-refractivity contribution in [1.82, 2.24) is 10.2 Å². The molecule has 0 atom stereocenters. The molecule has 0 unspecified atom stereocenters. The van der Waals surface area contributed by atoms with Crippen LogP contribution in [0.3, 0.4) is 0 Å². The number of nitrogens with one attached hydrogen (secondary N) is 1. The van der Waals surface area contributed by atoms with Crippen molar-refractivity contribution < 1.29 is 5.11 Å². The highest BCUT2D eigenvalue weighted by Gasteiger charge is 2.26. The van der Waals surface area contributed by atoms with Crippen LogP contribution in [0.15, 0.2) is 42.5 Å². The van der Waals surface area contributed by atoms with Crippen molar-refractivity contribution in [1.29, 1.82) is 0 Å². The minimum Gasteiger partial charge on any atom is -0.507 e. The van der Waals surface area contributed by atoms with E-state index in [-0.39, 0.29) is 11.8 Å². The maximum Gasteiger partial charge on any atom is 0.156 e. The van der Waals surface area contributed by atoms with Gasteiger partial charge in [0.2, 0.25) is 0 Å². The topological polar surface area (TPSA) is 84.1 Å². The number of aromatic nitrogens is 2. The Hall–Kier alpha value is -3.10. The van der Waals surface area contributed by atoms with Gasteiger partial charge in [0.25, 0.3) is 0 Å². The molecule has 0 spiro atoms. The molecule has 1 heterocycles. The molecule has 124 valence electrons. The van der Waals surface area contributed by atoms with Gasteiger partial charge >= 0.3 is 0 Å². The Kier molecular flexibility index (Phi) is 3.75. The van der Waals surface area contributed by atoms with E-state index >= 15 is 0 Å². The van der Waals surface area contributed by atoms with Crippen LogP contribution in [0, 0.1) is 12.3 Å². The fraction of sp³-hybridized carbons (Fsp3) is 0.200. The first kappa shape index (κ1) is 15.4. The number of terminal acetylenes is 1. The molecule has 2 aromatic carbocycles. The molecule has 1 fully saturated rings. The molecular weight excluding hydrogens is 312 g/mol. The van der Waals surface area contributed by atoms with Crippen LogP contribution in [-0.4, -0.2) is 27.4 Å². The fourth-order valence-electron chi connectivity index (χ4n) is 3.20. The third-order valence-corrected chi connectivity index (χ3v) is 4.62. The maximum absolute atomic E-state index is 10.3. The summed E-state index contributed by atoms with van der Waals surface area (Å²) in [6.45, 7) is 0. The number of aromatic hydroxyl groups is 1. The van der Waals surface area contributed by atoms with Crippen molar-refractivity contribution in [3.8, 4) is 29.4 Å². The minimum atomic E-state index is 0.0978. The highest BCUT2D eigenvalue weighted by molar-refractivity contribution is 6.00. The van der Waals surface area contributed by atoms with Gasteiger partial charge in [-0.3, -0.25) is 0 Å². The number of anilines is 1. The SMILES string of the molecule is C#Cc1ccc(-c2nnc(N[C@H]3C[C@H](N)C3)c3ccccc23)c(O)c1. The largest absolute Gasteiger partial charge is 0.507 e. The van der Waals surface area contributed by atoms with Crippen LogP contribution in [0.4, 0.5) is 5.82 Å². The first-order chi connectivity index (χ1) is 12.2. The molecule has 25 heavy (non-hydrogen) atoms. The average molecular weight is 330 g/mol. The van der Waals surface area contributed by atoms with Crippen LogP contribution in [-0.2, 0) is 0 Å². The molecule has 3 aromatic rings. The van der Waals surface area contributed by atoms with E-state index < -0.39 is 0 Å². The summed E-state index contributed by atoms with van der Waals surface area (Å²) in [5, 5.41) is 24.4. The third kappa shape index (κ3) is 2.77. The summed E-state index contributed by atoms with van der Waals surface area (Å²) >= 11 is 0. The normalized spacial score (nSPS) is 19.2. The standard InChI is InChI=1S/C20H18N4O/c1-2-12-7-8-17(18(25)9-12)19-15-5-3-4-6-16(15)20(24-23-19)22-14-10-13(21)11-14/h1,3-9,13-14,25H,10-11,21H2,(H,22,24)/t13-,14-. The highest BCUT2D eigenvalue weighted by atomic mass is 16.3. The second-order valence-corrected chi connectivity index (χ2v) is 6.39. The molecule has 5 nitrogen and oxygen atoms in total. The van der Waals surface area contributed by atoms with Crippen molar-refractivity contribution >= 4 is 16.6 Å². The molecule has 1 saturated carbocycles. The fourth-order valence-corrected chi connectivity index (χ4v) is 3.20. The molecule has 0 amide bonds. The molecule has 0 radical (unpaired) electrons. The molecule has 1 aliphatic rings. The smallest absolute Gasteiger partial charge is 0.156 e. The number of hydrogen-bond acceptors (Lipinski definition) is 5. The van der Waals surface area contributed by atoms with Gasteiger partial charge < -0.3 is 16.2 Å². The van der Waals surface area contributed by atoms with Gasteiger partial charge in [-0.05, 0) is 31.0 Å². The summed E-state index contributed by atoms with van der Waals surface area (Å²) in [7, 11) is 0. The maximum atomic E-state index is 10.3. The number of benzene rings is 2. The van der Waals surface area contributed by atoms with Crippen molar-refractivity contribution in [3.05, 3.63) is 48.0 Å². The molecule has 5 heteroatoms. The molecule has 4 N–H and O–H groups in total. The van der Waals surface area contributed by atoms with Gasteiger partial charge in [0, 0.05) is 34.0 Å². The van der Waals surface area contributed by atoms with Crippen molar-refractivity contribution in [2.75, 3.05) is 5.32 Å². The Balaban J connectivity index is 1.80. The number of fused-ring (bicyclic) bond motifs is 1. The van der Waals surface area contributed by atoms with E-state index in [4.69, 9.17) is 12.2 Å². The van der Waals surface area contributed by atoms with E-state index in [2.05, 4.69) is 21.4 Å². The summed E-state index contributed by atoms with van der Waals surface area (Å²) in [6.07, 6.45) is 7.26. The predicted molar refractivity (Wildman–Crippen MR) is 99.2 cm³/mol. The van der Waals surface area contributed by atoms with E-state index in [0.717, 1.165) is 29.4 Å². The van der Waals surface area contributed by atoms with Gasteiger partial charge in [-0.2, -0.15) is 0 Å². The number of rotatable bonds is 3. The molecule has 1 aromatic heterocycles. The number of phenols is 1. The number of hydrogen-bond donors (Lipinski definition) is 3. The summed E-state index contributed by atoms with van der Waals surface area (Å²) < 4.78 is 0. The molecule has 4 rings (SSSR count).